The number of phenolic OH excluding ortho intramolecular Hbond substituents is 2. The highest BCUT2D eigenvalue weighted by molar-refractivity contribution is 5.90. The zero-order valence-electron chi connectivity index (χ0n) is 27.0. The molecule has 1 heterocycles. The van der Waals surface area contributed by atoms with E-state index in [0.29, 0.717) is 58.2 Å². The minimum absolute atomic E-state index is 0.0178. The molecule has 45 heavy (non-hydrogen) atoms. The molecule has 2 N–H and O–H groups in total. The summed E-state index contributed by atoms with van der Waals surface area (Å²) >= 11 is 0. The molecule has 0 fully saturated rings. The number of rotatable bonds is 15. The molecule has 1 atom stereocenters. The highest BCUT2D eigenvalue weighted by atomic mass is 16.5. The van der Waals surface area contributed by atoms with Crippen LogP contribution in [0, 0.1) is 17.8 Å². The van der Waals surface area contributed by atoms with Gasteiger partial charge >= 0.3 is 5.97 Å². The van der Waals surface area contributed by atoms with Crippen LogP contribution in [0.2, 0.25) is 0 Å². The molecule has 238 valence electrons. The van der Waals surface area contributed by atoms with E-state index in [0.717, 1.165) is 25.7 Å². The SMILES string of the molecule is COc1ccc(-c2nc(-c3ccc(C(=O)OCC(CCCCC(C)C)CCC(C)C)cc3)nc(-c3ccccc3O)n2)c(O)c1. The van der Waals surface area contributed by atoms with Crippen molar-refractivity contribution >= 4 is 5.97 Å². The molecule has 1 unspecified atom stereocenters. The monoisotopic (exact) mass is 611 g/mol. The summed E-state index contributed by atoms with van der Waals surface area (Å²) in [7, 11) is 1.52. The zero-order valence-corrected chi connectivity index (χ0v) is 27.0. The number of carbonyl (C=O) groups excluding carboxylic acids is 1. The first kappa shape index (κ1) is 33.4. The number of hydrogen-bond acceptors (Lipinski definition) is 8. The molecule has 0 saturated heterocycles. The van der Waals surface area contributed by atoms with Gasteiger partial charge in [0.15, 0.2) is 17.5 Å². The number of methoxy groups -OCH3 is 1. The summed E-state index contributed by atoms with van der Waals surface area (Å²) in [6, 6.07) is 18.6. The van der Waals surface area contributed by atoms with Gasteiger partial charge in [0.1, 0.15) is 17.2 Å². The van der Waals surface area contributed by atoms with Crippen molar-refractivity contribution in [2.75, 3.05) is 13.7 Å². The lowest BCUT2D eigenvalue weighted by Gasteiger charge is -2.18. The number of carbonyl (C=O) groups is 1. The number of aromatic nitrogens is 3. The van der Waals surface area contributed by atoms with Crippen LogP contribution < -0.4 is 4.74 Å². The van der Waals surface area contributed by atoms with E-state index in [1.165, 1.54) is 26.0 Å². The Balaban J connectivity index is 1.55. The summed E-state index contributed by atoms with van der Waals surface area (Å²) in [6.45, 7) is 9.37. The number of hydrogen-bond donors (Lipinski definition) is 2. The van der Waals surface area contributed by atoms with Crippen molar-refractivity contribution in [1.82, 2.24) is 15.0 Å². The Hall–Kier alpha value is -4.46. The minimum atomic E-state index is -0.354. The van der Waals surface area contributed by atoms with Gasteiger partial charge in [0.2, 0.25) is 0 Å². The van der Waals surface area contributed by atoms with E-state index in [-0.39, 0.29) is 29.1 Å². The second-order valence-electron chi connectivity index (χ2n) is 12.4. The van der Waals surface area contributed by atoms with E-state index in [1.807, 2.05) is 0 Å². The summed E-state index contributed by atoms with van der Waals surface area (Å²) in [5.74, 6) is 2.56. The van der Waals surface area contributed by atoms with Crippen molar-refractivity contribution in [2.24, 2.45) is 17.8 Å². The van der Waals surface area contributed by atoms with Gasteiger partial charge in [-0.2, -0.15) is 0 Å². The highest BCUT2D eigenvalue weighted by Crippen LogP contribution is 2.34. The molecule has 0 radical (unpaired) electrons. The van der Waals surface area contributed by atoms with E-state index in [9.17, 15) is 15.0 Å². The smallest absolute Gasteiger partial charge is 0.338 e. The van der Waals surface area contributed by atoms with Crippen molar-refractivity contribution in [2.45, 2.75) is 66.2 Å². The summed E-state index contributed by atoms with van der Waals surface area (Å²) in [5.41, 5.74) is 1.89. The molecule has 0 bridgehead atoms. The molecule has 0 amide bonds. The number of para-hydroxylation sites is 1. The Morgan fingerprint density at radius 3 is 1.96 bits per heavy atom. The van der Waals surface area contributed by atoms with Crippen LogP contribution in [0.4, 0.5) is 0 Å². The van der Waals surface area contributed by atoms with E-state index in [4.69, 9.17) is 9.47 Å². The van der Waals surface area contributed by atoms with Gasteiger partial charge in [-0.1, -0.05) is 77.6 Å². The third-order valence-electron chi connectivity index (χ3n) is 7.85. The normalized spacial score (nSPS) is 12.0. The van der Waals surface area contributed by atoms with Crippen molar-refractivity contribution in [3.8, 4) is 51.4 Å². The van der Waals surface area contributed by atoms with Gasteiger partial charge in [0.05, 0.1) is 30.4 Å². The Morgan fingerprint density at radius 1 is 0.711 bits per heavy atom. The zero-order chi connectivity index (χ0) is 32.3. The van der Waals surface area contributed by atoms with Crippen LogP contribution in [0.15, 0.2) is 66.7 Å². The van der Waals surface area contributed by atoms with Crippen LogP contribution in [0.25, 0.3) is 34.2 Å². The van der Waals surface area contributed by atoms with E-state index in [2.05, 4.69) is 42.6 Å². The predicted molar refractivity (Wildman–Crippen MR) is 177 cm³/mol. The molecular formula is C37H45N3O5. The summed E-state index contributed by atoms with van der Waals surface area (Å²) in [4.78, 5) is 26.9. The maximum Gasteiger partial charge on any atom is 0.338 e. The fourth-order valence-corrected chi connectivity index (χ4v) is 5.13. The van der Waals surface area contributed by atoms with E-state index < -0.39 is 0 Å². The van der Waals surface area contributed by atoms with Crippen molar-refractivity contribution in [1.29, 1.82) is 0 Å². The van der Waals surface area contributed by atoms with Crippen molar-refractivity contribution in [3.05, 3.63) is 72.3 Å². The van der Waals surface area contributed by atoms with Gasteiger partial charge in [-0.15, -0.1) is 0 Å². The summed E-state index contributed by atoms with van der Waals surface area (Å²) in [5, 5.41) is 21.2. The molecule has 0 spiro atoms. The van der Waals surface area contributed by atoms with Crippen LogP contribution in [0.3, 0.4) is 0 Å². The number of unbranched alkanes of at least 4 members (excludes halogenated alkanes) is 1. The van der Waals surface area contributed by atoms with Gasteiger partial charge in [-0.3, -0.25) is 0 Å². The quantitative estimate of drug-likeness (QED) is 0.101. The summed E-state index contributed by atoms with van der Waals surface area (Å²) < 4.78 is 11.0. The van der Waals surface area contributed by atoms with E-state index in [1.54, 1.807) is 60.7 Å². The molecule has 4 aromatic rings. The largest absolute Gasteiger partial charge is 0.507 e. The van der Waals surface area contributed by atoms with Gasteiger partial charge in [-0.05, 0) is 67.0 Å². The number of ether oxygens (including phenoxy) is 2. The highest BCUT2D eigenvalue weighted by Gasteiger charge is 2.18. The molecular weight excluding hydrogens is 566 g/mol. The van der Waals surface area contributed by atoms with Crippen LogP contribution >= 0.6 is 0 Å². The van der Waals surface area contributed by atoms with Crippen LogP contribution in [0.5, 0.6) is 17.2 Å². The Morgan fingerprint density at radius 2 is 1.33 bits per heavy atom. The molecule has 0 aliphatic carbocycles. The van der Waals surface area contributed by atoms with Crippen molar-refractivity contribution in [3.63, 3.8) is 0 Å². The molecule has 1 aromatic heterocycles. The lowest BCUT2D eigenvalue weighted by molar-refractivity contribution is 0.0420. The molecule has 4 rings (SSSR count). The third kappa shape index (κ3) is 9.51. The fraction of sp³-hybridized carbons (Fsp3) is 0.405. The van der Waals surface area contributed by atoms with Crippen LogP contribution in [0.1, 0.15) is 76.6 Å². The van der Waals surface area contributed by atoms with Gasteiger partial charge in [-0.25, -0.2) is 19.7 Å². The number of phenols is 2. The first-order valence-electron chi connectivity index (χ1n) is 15.8. The molecule has 8 heteroatoms. The maximum atomic E-state index is 13.0. The van der Waals surface area contributed by atoms with Gasteiger partial charge in [0.25, 0.3) is 0 Å². The first-order valence-corrected chi connectivity index (χ1v) is 15.8. The predicted octanol–water partition coefficient (Wildman–Crippen LogP) is 8.72. The van der Waals surface area contributed by atoms with Crippen molar-refractivity contribution < 1.29 is 24.5 Å². The Kier molecular flexibility index (Phi) is 11.9. The minimum Gasteiger partial charge on any atom is -0.507 e. The maximum absolute atomic E-state index is 13.0. The summed E-state index contributed by atoms with van der Waals surface area (Å²) in [6.07, 6.45) is 6.81. The molecule has 0 aliphatic rings. The Bertz CT molecular complexity index is 1550. The average molecular weight is 612 g/mol. The fourth-order valence-electron chi connectivity index (χ4n) is 5.13. The first-order chi connectivity index (χ1) is 21.6. The second kappa shape index (κ2) is 16.0. The third-order valence-corrected chi connectivity index (χ3v) is 7.85. The second-order valence-corrected chi connectivity index (χ2v) is 12.4. The van der Waals surface area contributed by atoms with Crippen LogP contribution in [-0.4, -0.2) is 44.9 Å². The molecule has 3 aromatic carbocycles. The molecule has 0 saturated carbocycles. The van der Waals surface area contributed by atoms with Gasteiger partial charge in [0, 0.05) is 11.6 Å². The number of esters is 1. The number of benzene rings is 3. The Labute approximate surface area is 266 Å². The van der Waals surface area contributed by atoms with Crippen LogP contribution in [-0.2, 0) is 4.74 Å². The number of nitrogens with zero attached hydrogens (tertiary/aromatic N) is 3. The van der Waals surface area contributed by atoms with E-state index >= 15 is 0 Å². The van der Waals surface area contributed by atoms with Gasteiger partial charge < -0.3 is 19.7 Å². The average Bonchev–Trinajstić information content (AvgIpc) is 3.03. The molecule has 0 aliphatic heterocycles. The standard InChI is InChI=1S/C37H45N3O5/c1-24(2)10-6-7-11-26(15-14-25(3)4)23-45-37(43)28-18-16-27(17-19-28)34-38-35(30-12-8-9-13-32(30)41)40-36(39-34)31-21-20-29(44-5)22-33(31)42/h8-9,12-13,16-22,24-26,41-42H,6-7,10-11,14-15,23H2,1-5H3. The lowest BCUT2D eigenvalue weighted by atomic mass is 9.93. The molecule has 8 nitrogen and oxygen atoms in total. The number of aromatic hydroxyl groups is 2. The topological polar surface area (TPSA) is 115 Å². The lowest BCUT2D eigenvalue weighted by Crippen LogP contribution is -2.15.